The molecule has 61 heteroatoms. The predicted octanol–water partition coefficient (Wildman–Crippen LogP) is -3.60. The van der Waals surface area contributed by atoms with Crippen molar-refractivity contribution < 1.29 is 131 Å². The van der Waals surface area contributed by atoms with E-state index < -0.39 is 266 Å². The summed E-state index contributed by atoms with van der Waals surface area (Å²) in [6.07, 6.45) is -23.9. The number of imidazole rings is 2. The second-order valence-electron chi connectivity index (χ2n) is 27.6. The van der Waals surface area contributed by atoms with Crippen LogP contribution in [0.1, 0.15) is 87.0 Å². The number of aryl methyl sites for hydroxylation is 2. The summed E-state index contributed by atoms with van der Waals surface area (Å²) in [5.41, 5.74) is 15.2. The molecule has 14 rings (SSSR count). The minimum absolute atomic E-state index is 0.0555. The maximum absolute atomic E-state index is 14.5. The standard InChI is InChI=1S/C58H75N20O36P5/c1-23-13-75(57(87)71-49(23)81)39-7-25(80)32(105-39)16-99-115(89,90)113-29-11-43(77-21-63-45-47(77)67-53(61)69-51(45)83)108-35(29)19-103-118(95,96)112-28-10-42(76-14-24(2)50(82)72-58(76)88)107-34(28)18-101-119(97,98)114-30-12-44(78-22-64-46-48(78)68-54(62)70-52(46)84)109-36(30)20-102-117(93,94)111-27-9-41(74-6-4-38(60)66-56(74)86)106-33(27)17-100-116(91,92)110-26-8-40(104-31(26)15-79)73-5-3-37(59)65-55(73)85/h3-6,13-14,21-22,25-36,39-44,79-80H,7-12,15-20H2,1-2H3,(H,89,90)(H,91,92)(H,93,94)(H,95,96)(H,97,98)(H2,59,65,85)(H2,60,66,86)(H,71,81,87)(H,72,82,88)(H3,61,67,69,83)(H3,62,68,70,84)/t25-,26-,27-,28-,29-,30-,31+,32+,33+,34+,35+,36+,39+,40+,41+,42+,43+,44+/m0/s1. The third-order valence-electron chi connectivity index (χ3n) is 19.4. The number of fused-ring (bicyclic) bond motifs is 2. The first-order valence-electron chi connectivity index (χ1n) is 35.4. The molecule has 0 spiro atoms. The van der Waals surface area contributed by atoms with Crippen LogP contribution in [0.15, 0.2) is 87.9 Å². The average Bonchev–Trinajstić information content (AvgIpc) is 1.62. The molecule has 0 radical (unpaired) electrons. The van der Waals surface area contributed by atoms with Gasteiger partial charge in [-0.15, -0.1) is 0 Å². The number of nitrogens with one attached hydrogen (secondary N) is 4. The first-order chi connectivity index (χ1) is 56.1. The van der Waals surface area contributed by atoms with E-state index in [1.165, 1.54) is 38.4 Å². The lowest BCUT2D eigenvalue weighted by Crippen LogP contribution is -2.33. The lowest BCUT2D eigenvalue weighted by molar-refractivity contribution is -0.0649. The Morgan fingerprint density at radius 1 is 0.412 bits per heavy atom. The monoisotopic (exact) mass is 1780 g/mol. The molecule has 0 aromatic carbocycles. The van der Waals surface area contributed by atoms with Gasteiger partial charge in [0.1, 0.15) is 116 Å². The minimum Gasteiger partial charge on any atom is -0.394 e. The number of nitrogens with two attached hydrogens (primary N) is 4. The molecule has 0 aliphatic carbocycles. The van der Waals surface area contributed by atoms with E-state index in [0.29, 0.717) is 0 Å². The number of phosphoric acid groups is 5. The number of hydrogen-bond donors (Lipinski definition) is 15. The van der Waals surface area contributed by atoms with Crippen LogP contribution in [0, 0.1) is 13.8 Å². The van der Waals surface area contributed by atoms with Crippen LogP contribution in [-0.4, -0.2) is 225 Å². The first-order valence-corrected chi connectivity index (χ1v) is 42.9. The van der Waals surface area contributed by atoms with Gasteiger partial charge in [0.25, 0.3) is 22.2 Å². The van der Waals surface area contributed by atoms with Gasteiger partial charge in [-0.25, -0.2) is 52.0 Å². The molecule has 56 nitrogen and oxygen atoms in total. The van der Waals surface area contributed by atoms with Gasteiger partial charge in [-0.3, -0.25) is 112 Å². The van der Waals surface area contributed by atoms with Gasteiger partial charge >= 0.3 is 61.9 Å². The fraction of sp³-hybridized carbons (Fsp3) is 0.552. The quantitative estimate of drug-likeness (QED) is 0.0181. The normalized spacial score (nSPS) is 29.8. The zero-order valence-electron chi connectivity index (χ0n) is 61.4. The van der Waals surface area contributed by atoms with Gasteiger partial charge in [-0.2, -0.15) is 19.9 Å². The van der Waals surface area contributed by atoms with E-state index in [9.17, 15) is 95.9 Å². The van der Waals surface area contributed by atoms with E-state index in [0.717, 1.165) is 52.5 Å². The van der Waals surface area contributed by atoms with Crippen molar-refractivity contribution in [1.29, 1.82) is 0 Å². The summed E-state index contributed by atoms with van der Waals surface area (Å²) in [5, 5.41) is 21.0. The smallest absolute Gasteiger partial charge is 0.394 e. The fourth-order valence-corrected chi connectivity index (χ4v) is 18.6. The van der Waals surface area contributed by atoms with E-state index in [4.69, 9.17) is 96.6 Å². The summed E-state index contributed by atoms with van der Waals surface area (Å²) in [4.78, 5) is 191. The number of aromatic nitrogens is 16. The first kappa shape index (κ1) is 86.6. The molecule has 6 aliphatic rings. The average molecular weight is 1780 g/mol. The lowest BCUT2D eigenvalue weighted by Gasteiger charge is -2.26. The molecule has 5 unspecified atom stereocenters. The topological polar surface area (TPSA) is 785 Å². The maximum Gasteiger partial charge on any atom is 0.472 e. The SMILES string of the molecule is Cc1cn([C@H]2C[C@H](OP(=O)(O)OC[C@H]3O[C@@H](n4cnc5c(=O)[nH]c(N)nc54)C[C@@H]3OP(=O)(O)OC[C@H]3O[C@@H](n4cc(C)c(=O)[nH]c4=O)C[C@@H]3O)[C@@H](COP(=O)(O)O[C@H]3C[C@H](n4cnc5c(=O)[nH]c(N)nc54)O[C@@H]3COP(=O)(O)O[C@H]3C[C@H](n4ccc(N)nc4=O)O[C@@H]3COP(=O)(O)O[C@H]3C[C@H](n4ccc(N)nc4=O)O[C@@H]3CO)O2)c(=O)[nH]c1=O. The van der Waals surface area contributed by atoms with Crippen molar-refractivity contribution in [2.45, 2.75) is 163 Å². The molecule has 6 saturated heterocycles. The van der Waals surface area contributed by atoms with E-state index in [2.05, 4.69) is 49.8 Å². The summed E-state index contributed by atoms with van der Waals surface area (Å²) in [6, 6.07) is 2.47. The highest BCUT2D eigenvalue weighted by molar-refractivity contribution is 7.48. The van der Waals surface area contributed by atoms with Crippen LogP contribution in [0.2, 0.25) is 0 Å². The molecule has 6 fully saturated rings. The predicted molar refractivity (Wildman–Crippen MR) is 391 cm³/mol. The number of ether oxygens (including phenoxy) is 6. The van der Waals surface area contributed by atoms with Crippen molar-refractivity contribution in [2.24, 2.45) is 0 Å². The number of nitrogens with zero attached hydrogens (tertiary/aromatic N) is 12. The summed E-state index contributed by atoms with van der Waals surface area (Å²) >= 11 is 0. The largest absolute Gasteiger partial charge is 0.472 e. The summed E-state index contributed by atoms with van der Waals surface area (Å²) in [5.74, 6) is -1.13. The Kier molecular flexibility index (Phi) is 25.0. The van der Waals surface area contributed by atoms with Gasteiger partial charge in [0.15, 0.2) is 22.3 Å². The van der Waals surface area contributed by atoms with E-state index in [1.807, 2.05) is 0 Å². The minimum atomic E-state index is -5.68. The number of anilines is 4. The van der Waals surface area contributed by atoms with E-state index in [1.54, 1.807) is 0 Å². The van der Waals surface area contributed by atoms with E-state index in [-0.39, 0.29) is 63.9 Å². The summed E-state index contributed by atoms with van der Waals surface area (Å²) < 4.78 is 167. The lowest BCUT2D eigenvalue weighted by atomic mass is 10.2. The van der Waals surface area contributed by atoms with Crippen LogP contribution in [0.4, 0.5) is 23.5 Å². The number of rotatable bonds is 32. The van der Waals surface area contributed by atoms with Crippen LogP contribution in [0.5, 0.6) is 0 Å². The van der Waals surface area contributed by atoms with Crippen LogP contribution in [-0.2, 0) is 96.5 Å². The second-order valence-corrected chi connectivity index (χ2v) is 34.6. The molecule has 0 bridgehead atoms. The van der Waals surface area contributed by atoms with Crippen molar-refractivity contribution in [1.82, 2.24) is 77.2 Å². The molecule has 14 heterocycles. The Hall–Kier alpha value is -8.75. The Bertz CT molecular complexity index is 5940. The maximum atomic E-state index is 14.5. The fourth-order valence-electron chi connectivity index (χ4n) is 13.8. The Balaban J connectivity index is 0.671. The molecule has 0 amide bonds. The molecule has 0 saturated carbocycles. The Morgan fingerprint density at radius 2 is 0.706 bits per heavy atom. The number of phosphoric ester groups is 5. The number of hydrogen-bond acceptors (Lipinski definition) is 41. The molecule has 23 atom stereocenters. The highest BCUT2D eigenvalue weighted by atomic mass is 31.2. The van der Waals surface area contributed by atoms with Gasteiger partial charge in [-0.05, 0) is 26.0 Å². The molecule has 6 aliphatic heterocycles. The van der Waals surface area contributed by atoms with Gasteiger partial charge < -0.3 is 86.0 Å². The zero-order valence-corrected chi connectivity index (χ0v) is 65.9. The molecular formula is C58H75N20O36P5. The number of aromatic amines is 4. The van der Waals surface area contributed by atoms with Crippen molar-refractivity contribution in [3.05, 3.63) is 144 Å². The van der Waals surface area contributed by atoms with Gasteiger partial charge in [0.2, 0.25) is 11.9 Å². The highest BCUT2D eigenvalue weighted by Gasteiger charge is 2.52. The zero-order chi connectivity index (χ0) is 85.3. The molecule has 119 heavy (non-hydrogen) atoms. The van der Waals surface area contributed by atoms with Crippen LogP contribution in [0.25, 0.3) is 22.3 Å². The van der Waals surface area contributed by atoms with Crippen molar-refractivity contribution >= 4 is 85.0 Å². The summed E-state index contributed by atoms with van der Waals surface area (Å²) in [6.45, 7) is -3.38. The van der Waals surface area contributed by atoms with Crippen LogP contribution >= 0.6 is 39.1 Å². The number of aliphatic hydroxyl groups is 2. The number of H-pyrrole nitrogens is 4. The Labute approximate surface area is 660 Å². The second kappa shape index (κ2) is 34.3. The number of nitrogen functional groups attached to an aromatic ring is 4. The molecule has 19 N–H and O–H groups in total. The third-order valence-corrected chi connectivity index (χ3v) is 24.5. The number of aliphatic hydroxyl groups excluding tert-OH is 2. The van der Waals surface area contributed by atoms with Crippen molar-refractivity contribution in [2.75, 3.05) is 62.6 Å². The third kappa shape index (κ3) is 19.7. The molecule has 8 aromatic rings. The molecular weight excluding hydrogens is 1710 g/mol. The Morgan fingerprint density at radius 3 is 1.04 bits per heavy atom. The van der Waals surface area contributed by atoms with Gasteiger partial charge in [0, 0.05) is 74.4 Å². The van der Waals surface area contributed by atoms with Crippen molar-refractivity contribution in [3.8, 4) is 0 Å². The van der Waals surface area contributed by atoms with Gasteiger partial charge in [0.05, 0.1) is 58.4 Å². The highest BCUT2D eigenvalue weighted by Crippen LogP contribution is 2.56. The van der Waals surface area contributed by atoms with Crippen molar-refractivity contribution in [3.63, 3.8) is 0 Å². The van der Waals surface area contributed by atoms with E-state index >= 15 is 0 Å². The van der Waals surface area contributed by atoms with Crippen LogP contribution in [0.3, 0.4) is 0 Å². The molecule has 8 aromatic heterocycles. The van der Waals surface area contributed by atoms with Crippen LogP contribution < -0.4 is 67.9 Å². The van der Waals surface area contributed by atoms with Gasteiger partial charge in [-0.1, -0.05) is 0 Å². The molecule has 648 valence electrons. The summed E-state index contributed by atoms with van der Waals surface area (Å²) in [7, 11) is -27.6.